The van der Waals surface area contributed by atoms with Gasteiger partial charge >= 0.3 is 0 Å². The number of nitrogen functional groups attached to an aromatic ring is 1. The average Bonchev–Trinajstić information content (AvgIpc) is 2.38. The quantitative estimate of drug-likeness (QED) is 0.842. The van der Waals surface area contributed by atoms with Crippen LogP contribution in [0.4, 0.5) is 10.1 Å². The first kappa shape index (κ1) is 11.9. The molecule has 0 bridgehead atoms. The van der Waals surface area contributed by atoms with Crippen LogP contribution in [0.3, 0.4) is 0 Å². The third kappa shape index (κ3) is 2.77. The van der Waals surface area contributed by atoms with Crippen LogP contribution < -0.4 is 10.5 Å². The van der Waals surface area contributed by atoms with Gasteiger partial charge in [-0.3, -0.25) is 0 Å². The van der Waals surface area contributed by atoms with Crippen LogP contribution in [0, 0.1) is 17.1 Å². The van der Waals surface area contributed by atoms with Crippen LogP contribution in [0.25, 0.3) is 0 Å². The number of nitriles is 1. The van der Waals surface area contributed by atoms with E-state index in [0.29, 0.717) is 22.6 Å². The number of hydrogen-bond donors (Lipinski definition) is 1. The molecule has 3 nitrogen and oxygen atoms in total. The second kappa shape index (κ2) is 5.19. The van der Waals surface area contributed by atoms with E-state index in [0.717, 1.165) is 0 Å². The average molecular weight is 242 g/mol. The number of nitrogens with zero attached hydrogens (tertiary/aromatic N) is 1. The lowest BCUT2D eigenvalue weighted by atomic mass is 10.1. The smallest absolute Gasteiger partial charge is 0.129 e. The zero-order valence-corrected chi connectivity index (χ0v) is 9.56. The Balaban J connectivity index is 2.13. The van der Waals surface area contributed by atoms with Crippen LogP contribution >= 0.6 is 0 Å². The molecule has 0 unspecified atom stereocenters. The summed E-state index contributed by atoms with van der Waals surface area (Å²) >= 11 is 0. The van der Waals surface area contributed by atoms with Gasteiger partial charge in [0.15, 0.2) is 0 Å². The molecule has 90 valence electrons. The summed E-state index contributed by atoms with van der Waals surface area (Å²) in [6.45, 7) is 0.0603. The Bertz CT molecular complexity index is 605. The second-order valence-electron chi connectivity index (χ2n) is 3.78. The molecule has 2 rings (SSSR count). The van der Waals surface area contributed by atoms with Crippen molar-refractivity contribution in [2.24, 2.45) is 0 Å². The van der Waals surface area contributed by atoms with Gasteiger partial charge in [0.05, 0.1) is 11.6 Å². The molecule has 2 aromatic rings. The molecule has 18 heavy (non-hydrogen) atoms. The van der Waals surface area contributed by atoms with Gasteiger partial charge in [0.2, 0.25) is 0 Å². The highest BCUT2D eigenvalue weighted by molar-refractivity contribution is 5.43. The molecule has 2 N–H and O–H groups in total. The predicted molar refractivity (Wildman–Crippen MR) is 66.3 cm³/mol. The molecule has 0 spiro atoms. The number of rotatable bonds is 3. The van der Waals surface area contributed by atoms with Crippen LogP contribution in [0.2, 0.25) is 0 Å². The SMILES string of the molecule is N#Cc1ccc(F)c(COc2cccc(N)c2)c1. The first-order valence-corrected chi connectivity index (χ1v) is 5.36. The summed E-state index contributed by atoms with van der Waals surface area (Å²) in [6.07, 6.45) is 0. The molecule has 0 amide bonds. The van der Waals surface area contributed by atoms with Gasteiger partial charge in [0.25, 0.3) is 0 Å². The van der Waals surface area contributed by atoms with Crippen LogP contribution in [0.1, 0.15) is 11.1 Å². The summed E-state index contributed by atoms with van der Waals surface area (Å²) in [5, 5.41) is 8.74. The van der Waals surface area contributed by atoms with Gasteiger partial charge in [0.1, 0.15) is 18.2 Å². The van der Waals surface area contributed by atoms with Crippen molar-refractivity contribution in [2.75, 3.05) is 5.73 Å². The predicted octanol–water partition coefficient (Wildman–Crippen LogP) is 2.86. The molecular formula is C14H11FN2O. The minimum absolute atomic E-state index is 0.0603. The Hall–Kier alpha value is -2.54. The van der Waals surface area contributed by atoms with Gasteiger partial charge < -0.3 is 10.5 Å². The summed E-state index contributed by atoms with van der Waals surface area (Å²) in [7, 11) is 0. The molecule has 0 aliphatic carbocycles. The van der Waals surface area contributed by atoms with Gasteiger partial charge in [-0.1, -0.05) is 6.07 Å². The molecule has 2 aromatic carbocycles. The van der Waals surface area contributed by atoms with E-state index in [-0.39, 0.29) is 6.61 Å². The van der Waals surface area contributed by atoms with Crippen LogP contribution in [-0.2, 0) is 6.61 Å². The number of ether oxygens (including phenoxy) is 1. The van der Waals surface area contributed by atoms with Crippen molar-refractivity contribution in [1.82, 2.24) is 0 Å². The molecule has 0 saturated carbocycles. The molecule has 0 aliphatic heterocycles. The maximum absolute atomic E-state index is 13.5. The van der Waals surface area contributed by atoms with E-state index in [1.54, 1.807) is 24.3 Å². The maximum Gasteiger partial charge on any atom is 0.129 e. The van der Waals surface area contributed by atoms with Crippen molar-refractivity contribution >= 4 is 5.69 Å². The fourth-order valence-corrected chi connectivity index (χ4v) is 1.52. The van der Waals surface area contributed by atoms with E-state index in [9.17, 15) is 4.39 Å². The number of halogens is 1. The van der Waals surface area contributed by atoms with Gasteiger partial charge in [-0.2, -0.15) is 5.26 Å². The summed E-state index contributed by atoms with van der Waals surface area (Å²) in [5.74, 6) is 0.176. The lowest BCUT2D eigenvalue weighted by Crippen LogP contribution is -1.99. The van der Waals surface area contributed by atoms with Crippen molar-refractivity contribution in [2.45, 2.75) is 6.61 Å². The van der Waals surface area contributed by atoms with Crippen LogP contribution in [0.15, 0.2) is 42.5 Å². The topological polar surface area (TPSA) is 59.0 Å². The monoisotopic (exact) mass is 242 g/mol. The van der Waals surface area contributed by atoms with Gasteiger partial charge in [0, 0.05) is 17.3 Å². The number of hydrogen-bond acceptors (Lipinski definition) is 3. The normalized spacial score (nSPS) is 9.78. The fraction of sp³-hybridized carbons (Fsp3) is 0.0714. The van der Waals surface area contributed by atoms with E-state index in [1.165, 1.54) is 18.2 Å². The summed E-state index contributed by atoms with van der Waals surface area (Å²) in [4.78, 5) is 0. The molecule has 0 aromatic heterocycles. The Morgan fingerprint density at radius 1 is 1.22 bits per heavy atom. The van der Waals surface area contributed by atoms with Gasteiger partial charge in [-0.25, -0.2) is 4.39 Å². The molecule has 0 saturated heterocycles. The van der Waals surface area contributed by atoms with E-state index >= 15 is 0 Å². The van der Waals surface area contributed by atoms with Gasteiger partial charge in [-0.05, 0) is 30.3 Å². The largest absolute Gasteiger partial charge is 0.489 e. The molecule has 4 heteroatoms. The standard InChI is InChI=1S/C14H11FN2O/c15-14-5-4-10(8-16)6-11(14)9-18-13-3-1-2-12(17)7-13/h1-7H,9,17H2. The Labute approximate surface area is 104 Å². The fourth-order valence-electron chi connectivity index (χ4n) is 1.52. The minimum Gasteiger partial charge on any atom is -0.489 e. The lowest BCUT2D eigenvalue weighted by molar-refractivity contribution is 0.300. The van der Waals surface area contributed by atoms with Crippen LogP contribution in [0.5, 0.6) is 5.75 Å². The zero-order valence-electron chi connectivity index (χ0n) is 9.56. The van der Waals surface area contributed by atoms with E-state index in [1.807, 2.05) is 6.07 Å². The molecule has 0 radical (unpaired) electrons. The number of benzene rings is 2. The zero-order chi connectivity index (χ0) is 13.0. The first-order valence-electron chi connectivity index (χ1n) is 5.36. The molecule has 0 aliphatic rings. The molecule has 0 fully saturated rings. The number of nitrogens with two attached hydrogens (primary N) is 1. The molecular weight excluding hydrogens is 231 g/mol. The summed E-state index contributed by atoms with van der Waals surface area (Å²) < 4.78 is 18.9. The third-order valence-electron chi connectivity index (χ3n) is 2.43. The van der Waals surface area contributed by atoms with E-state index < -0.39 is 5.82 Å². The van der Waals surface area contributed by atoms with Crippen molar-refractivity contribution in [3.05, 3.63) is 59.4 Å². The van der Waals surface area contributed by atoms with Crippen molar-refractivity contribution < 1.29 is 9.13 Å². The molecule has 0 atom stereocenters. The first-order chi connectivity index (χ1) is 8.69. The third-order valence-corrected chi connectivity index (χ3v) is 2.43. The highest BCUT2D eigenvalue weighted by atomic mass is 19.1. The molecule has 0 heterocycles. The highest BCUT2D eigenvalue weighted by Gasteiger charge is 2.04. The van der Waals surface area contributed by atoms with E-state index in [2.05, 4.69) is 0 Å². The minimum atomic E-state index is -0.391. The highest BCUT2D eigenvalue weighted by Crippen LogP contribution is 2.17. The summed E-state index contributed by atoms with van der Waals surface area (Å²) in [6, 6.07) is 13.0. The van der Waals surface area contributed by atoms with E-state index in [4.69, 9.17) is 15.7 Å². The van der Waals surface area contributed by atoms with Crippen molar-refractivity contribution in [3.8, 4) is 11.8 Å². The Morgan fingerprint density at radius 3 is 2.78 bits per heavy atom. The van der Waals surface area contributed by atoms with Crippen molar-refractivity contribution in [1.29, 1.82) is 5.26 Å². The lowest BCUT2D eigenvalue weighted by Gasteiger charge is -2.08. The Morgan fingerprint density at radius 2 is 2.06 bits per heavy atom. The van der Waals surface area contributed by atoms with Gasteiger partial charge in [-0.15, -0.1) is 0 Å². The summed E-state index contributed by atoms with van der Waals surface area (Å²) in [5.41, 5.74) is 6.94. The second-order valence-corrected chi connectivity index (χ2v) is 3.78. The number of anilines is 1. The van der Waals surface area contributed by atoms with Crippen LogP contribution in [-0.4, -0.2) is 0 Å². The Kier molecular flexibility index (Phi) is 3.44. The maximum atomic E-state index is 13.5. The van der Waals surface area contributed by atoms with Crippen molar-refractivity contribution in [3.63, 3.8) is 0 Å².